The van der Waals surface area contributed by atoms with Gasteiger partial charge >= 0.3 is 0 Å². The number of nitrogens with two attached hydrogens (primary N) is 1. The lowest BCUT2D eigenvalue weighted by atomic mass is 9.95. The van der Waals surface area contributed by atoms with Crippen LogP contribution in [-0.2, 0) is 17.6 Å². The van der Waals surface area contributed by atoms with E-state index in [0.717, 1.165) is 47.4 Å². The molecule has 2 amide bonds. The SMILES string of the molecule is Cc1cc(C)c(C#N)c(SCC(=O)Nc2sc3c(c2C(N)=O)CCCC3)n1. The van der Waals surface area contributed by atoms with E-state index in [9.17, 15) is 14.9 Å². The minimum atomic E-state index is -0.500. The van der Waals surface area contributed by atoms with Crippen molar-refractivity contribution in [2.45, 2.75) is 44.6 Å². The maximum Gasteiger partial charge on any atom is 0.251 e. The number of carbonyl (C=O) groups is 2. The van der Waals surface area contributed by atoms with Crippen LogP contribution in [0.3, 0.4) is 0 Å². The molecule has 0 aliphatic heterocycles. The number of nitrogens with zero attached hydrogens (tertiary/aromatic N) is 2. The van der Waals surface area contributed by atoms with Gasteiger partial charge in [-0.2, -0.15) is 5.26 Å². The highest BCUT2D eigenvalue weighted by molar-refractivity contribution is 8.00. The van der Waals surface area contributed by atoms with Crippen LogP contribution in [0.1, 0.15) is 50.5 Å². The van der Waals surface area contributed by atoms with E-state index >= 15 is 0 Å². The first-order valence-corrected chi connectivity index (χ1v) is 10.5. The molecule has 0 atom stereocenters. The number of carbonyl (C=O) groups excluding carboxylic acids is 2. The number of amides is 2. The van der Waals surface area contributed by atoms with Gasteiger partial charge in [-0.15, -0.1) is 11.3 Å². The van der Waals surface area contributed by atoms with Gasteiger partial charge in [0.2, 0.25) is 5.91 Å². The molecule has 0 saturated heterocycles. The number of hydrogen-bond donors (Lipinski definition) is 2. The van der Waals surface area contributed by atoms with Crippen LogP contribution in [0.2, 0.25) is 0 Å². The van der Waals surface area contributed by atoms with Crippen molar-refractivity contribution in [3.8, 4) is 6.07 Å². The number of nitrogens with one attached hydrogen (secondary N) is 1. The fourth-order valence-corrected chi connectivity index (χ4v) is 5.46. The van der Waals surface area contributed by atoms with Crippen molar-refractivity contribution in [2.75, 3.05) is 11.1 Å². The van der Waals surface area contributed by atoms with Gasteiger partial charge in [0.15, 0.2) is 0 Å². The summed E-state index contributed by atoms with van der Waals surface area (Å²) in [5.41, 5.74) is 9.14. The van der Waals surface area contributed by atoms with Crippen molar-refractivity contribution in [3.05, 3.63) is 38.9 Å². The molecule has 3 N–H and O–H groups in total. The molecule has 1 aliphatic rings. The van der Waals surface area contributed by atoms with Crippen LogP contribution in [0.15, 0.2) is 11.1 Å². The summed E-state index contributed by atoms with van der Waals surface area (Å²) in [5, 5.41) is 13.2. The number of rotatable bonds is 5. The maximum absolute atomic E-state index is 12.5. The molecule has 6 nitrogen and oxygen atoms in total. The Morgan fingerprint density at radius 2 is 2.11 bits per heavy atom. The van der Waals surface area contributed by atoms with Gasteiger partial charge in [0.25, 0.3) is 5.91 Å². The summed E-state index contributed by atoms with van der Waals surface area (Å²) in [6.07, 6.45) is 3.86. The van der Waals surface area contributed by atoms with Crippen LogP contribution >= 0.6 is 23.1 Å². The highest BCUT2D eigenvalue weighted by atomic mass is 32.2. The molecule has 8 heteroatoms. The maximum atomic E-state index is 12.5. The minimum absolute atomic E-state index is 0.103. The van der Waals surface area contributed by atoms with Crippen molar-refractivity contribution < 1.29 is 9.59 Å². The van der Waals surface area contributed by atoms with Crippen LogP contribution in [0.25, 0.3) is 0 Å². The number of hydrogen-bond acceptors (Lipinski definition) is 6. The second kappa shape index (κ2) is 8.11. The molecule has 0 radical (unpaired) electrons. The Balaban J connectivity index is 1.75. The Hall–Kier alpha value is -2.37. The average Bonchev–Trinajstić information content (AvgIpc) is 2.97. The third-order valence-electron chi connectivity index (χ3n) is 4.43. The second-order valence-corrected chi connectivity index (χ2v) is 8.56. The summed E-state index contributed by atoms with van der Waals surface area (Å²) in [7, 11) is 0. The van der Waals surface area contributed by atoms with Crippen molar-refractivity contribution in [1.82, 2.24) is 4.98 Å². The van der Waals surface area contributed by atoms with E-state index in [-0.39, 0.29) is 11.7 Å². The summed E-state index contributed by atoms with van der Waals surface area (Å²) >= 11 is 2.66. The summed E-state index contributed by atoms with van der Waals surface area (Å²) in [6.45, 7) is 3.71. The number of thioether (sulfide) groups is 1. The topological polar surface area (TPSA) is 109 Å². The fourth-order valence-electron chi connectivity index (χ4n) is 3.25. The molecular weight excluding hydrogens is 380 g/mol. The first-order valence-electron chi connectivity index (χ1n) is 8.66. The van der Waals surface area contributed by atoms with Gasteiger partial charge in [-0.25, -0.2) is 4.98 Å². The Labute approximate surface area is 166 Å². The van der Waals surface area contributed by atoms with E-state index in [0.29, 0.717) is 21.2 Å². The van der Waals surface area contributed by atoms with E-state index in [1.165, 1.54) is 23.1 Å². The normalized spacial score (nSPS) is 12.9. The zero-order chi connectivity index (χ0) is 19.6. The first kappa shape index (κ1) is 19.4. The predicted molar refractivity (Wildman–Crippen MR) is 107 cm³/mol. The zero-order valence-electron chi connectivity index (χ0n) is 15.2. The smallest absolute Gasteiger partial charge is 0.251 e. The van der Waals surface area contributed by atoms with E-state index in [4.69, 9.17) is 5.73 Å². The molecule has 0 spiro atoms. The van der Waals surface area contributed by atoms with Gasteiger partial charge in [0, 0.05) is 10.6 Å². The van der Waals surface area contributed by atoms with E-state index in [1.807, 2.05) is 19.9 Å². The Morgan fingerprint density at radius 3 is 2.81 bits per heavy atom. The van der Waals surface area contributed by atoms with Gasteiger partial charge in [0.1, 0.15) is 16.1 Å². The molecule has 2 heterocycles. The molecule has 2 aromatic heterocycles. The number of aryl methyl sites for hydroxylation is 3. The monoisotopic (exact) mass is 400 g/mol. The summed E-state index contributed by atoms with van der Waals surface area (Å²) < 4.78 is 0. The Bertz CT molecular complexity index is 960. The van der Waals surface area contributed by atoms with Crippen LogP contribution in [0.5, 0.6) is 0 Å². The minimum Gasteiger partial charge on any atom is -0.365 e. The first-order chi connectivity index (χ1) is 12.9. The standard InChI is InChI=1S/C19H20N4O2S2/c1-10-7-11(2)22-18(13(10)8-20)26-9-15(24)23-19-16(17(21)25)12-5-3-4-6-14(12)27-19/h7H,3-6,9H2,1-2H3,(H2,21,25)(H,23,24). The number of fused-ring (bicyclic) bond motifs is 1. The third-order valence-corrected chi connectivity index (χ3v) is 6.62. The zero-order valence-corrected chi connectivity index (χ0v) is 16.9. The number of nitriles is 1. The number of primary amides is 1. The van der Waals surface area contributed by atoms with Crippen LogP contribution in [0.4, 0.5) is 5.00 Å². The lowest BCUT2D eigenvalue weighted by Crippen LogP contribution is -2.19. The number of thiophene rings is 1. The van der Waals surface area contributed by atoms with Crippen LogP contribution in [-0.4, -0.2) is 22.6 Å². The predicted octanol–water partition coefficient (Wildman–Crippen LogP) is 3.34. The quantitative estimate of drug-likeness (QED) is 0.748. The number of anilines is 1. The van der Waals surface area contributed by atoms with Gasteiger partial charge in [-0.1, -0.05) is 11.8 Å². The molecule has 2 aromatic rings. The van der Waals surface area contributed by atoms with Crippen LogP contribution < -0.4 is 11.1 Å². The molecule has 0 fully saturated rings. The van der Waals surface area contributed by atoms with E-state index in [1.54, 1.807) is 0 Å². The summed E-state index contributed by atoms with van der Waals surface area (Å²) in [5.74, 6) is -0.642. The van der Waals surface area contributed by atoms with Crippen molar-refractivity contribution >= 4 is 39.9 Å². The lowest BCUT2D eigenvalue weighted by molar-refractivity contribution is -0.113. The highest BCUT2D eigenvalue weighted by Crippen LogP contribution is 2.38. The summed E-state index contributed by atoms with van der Waals surface area (Å²) in [4.78, 5) is 29.9. The second-order valence-electron chi connectivity index (χ2n) is 6.49. The van der Waals surface area contributed by atoms with E-state index in [2.05, 4.69) is 16.4 Å². The van der Waals surface area contributed by atoms with Gasteiger partial charge in [-0.3, -0.25) is 9.59 Å². The molecule has 140 valence electrons. The molecular formula is C19H20N4O2S2. The van der Waals surface area contributed by atoms with Gasteiger partial charge < -0.3 is 11.1 Å². The molecule has 0 unspecified atom stereocenters. The molecule has 0 aromatic carbocycles. The lowest BCUT2D eigenvalue weighted by Gasteiger charge is -2.11. The van der Waals surface area contributed by atoms with E-state index < -0.39 is 5.91 Å². The highest BCUT2D eigenvalue weighted by Gasteiger charge is 2.25. The third kappa shape index (κ3) is 4.15. The number of pyridine rings is 1. The molecule has 27 heavy (non-hydrogen) atoms. The Morgan fingerprint density at radius 1 is 1.37 bits per heavy atom. The molecule has 0 saturated carbocycles. The van der Waals surface area contributed by atoms with Gasteiger partial charge in [0.05, 0.1) is 16.9 Å². The molecule has 0 bridgehead atoms. The number of aromatic nitrogens is 1. The molecule has 3 rings (SSSR count). The van der Waals surface area contributed by atoms with Crippen LogP contribution in [0, 0.1) is 25.2 Å². The Kier molecular flexibility index (Phi) is 5.82. The van der Waals surface area contributed by atoms with Crippen molar-refractivity contribution in [1.29, 1.82) is 5.26 Å². The summed E-state index contributed by atoms with van der Waals surface area (Å²) in [6, 6.07) is 3.99. The fraction of sp³-hybridized carbons (Fsp3) is 0.368. The van der Waals surface area contributed by atoms with Crippen molar-refractivity contribution in [3.63, 3.8) is 0 Å². The average molecular weight is 401 g/mol. The van der Waals surface area contributed by atoms with Crippen molar-refractivity contribution in [2.24, 2.45) is 5.73 Å². The molecule has 1 aliphatic carbocycles. The van der Waals surface area contributed by atoms with Gasteiger partial charge in [-0.05, 0) is 56.7 Å². The largest absolute Gasteiger partial charge is 0.365 e.